The average molecular weight is 445 g/mol. The van der Waals surface area contributed by atoms with Crippen molar-refractivity contribution in [2.24, 2.45) is 0 Å². The Hall–Kier alpha value is -3.09. The molecule has 8 nitrogen and oxygen atoms in total. The molecule has 2 N–H and O–H groups in total. The number of ether oxygens (including phenoxy) is 1. The largest absolute Gasteiger partial charge is 0.508 e. The van der Waals surface area contributed by atoms with Gasteiger partial charge in [-0.25, -0.2) is 4.79 Å². The van der Waals surface area contributed by atoms with Gasteiger partial charge in [0.25, 0.3) is 5.56 Å². The van der Waals surface area contributed by atoms with Crippen LogP contribution in [0.3, 0.4) is 0 Å². The molecule has 2 aromatic rings. The molecule has 0 aliphatic carbocycles. The van der Waals surface area contributed by atoms with Gasteiger partial charge in [-0.3, -0.25) is 14.3 Å². The highest BCUT2D eigenvalue weighted by molar-refractivity contribution is 7.07. The van der Waals surface area contributed by atoms with Crippen molar-refractivity contribution < 1.29 is 14.6 Å². The number of nitriles is 1. The Bertz CT molecular complexity index is 1140. The van der Waals surface area contributed by atoms with Crippen molar-refractivity contribution >= 4 is 34.8 Å². The number of benzene rings is 1. The predicted molar refractivity (Wildman–Crippen MR) is 122 cm³/mol. The van der Waals surface area contributed by atoms with Crippen LogP contribution >= 0.6 is 11.3 Å². The first-order chi connectivity index (χ1) is 14.9. The molecule has 1 heterocycles. The smallest absolute Gasteiger partial charge is 0.351 e. The molecule has 0 spiro atoms. The molecule has 0 saturated heterocycles. The second-order valence-corrected chi connectivity index (χ2v) is 7.65. The van der Waals surface area contributed by atoms with Crippen LogP contribution in [0.1, 0.15) is 33.3 Å². The third-order valence-electron chi connectivity index (χ3n) is 4.77. The lowest BCUT2D eigenvalue weighted by Crippen LogP contribution is -2.32. The van der Waals surface area contributed by atoms with E-state index in [4.69, 9.17) is 4.74 Å². The molecule has 2 rings (SSSR count). The number of carbonyl (C=O) groups is 1. The van der Waals surface area contributed by atoms with E-state index in [1.165, 1.54) is 4.57 Å². The molecule has 166 valence electrons. The third kappa shape index (κ3) is 5.75. The summed E-state index contributed by atoms with van der Waals surface area (Å²) in [7, 11) is 0. The maximum atomic E-state index is 12.8. The van der Waals surface area contributed by atoms with Gasteiger partial charge in [-0.1, -0.05) is 13.8 Å². The summed E-state index contributed by atoms with van der Waals surface area (Å²) in [6.07, 6.45) is 1.55. The fourth-order valence-corrected chi connectivity index (χ4v) is 4.09. The van der Waals surface area contributed by atoms with Crippen LogP contribution in [0, 0.1) is 11.3 Å². The zero-order valence-electron chi connectivity index (χ0n) is 18.3. The normalized spacial score (nSPS) is 12.6. The second-order valence-electron chi connectivity index (χ2n) is 6.62. The van der Waals surface area contributed by atoms with E-state index in [1.807, 2.05) is 12.1 Å². The molecule has 1 aromatic carbocycles. The van der Waals surface area contributed by atoms with Gasteiger partial charge >= 0.3 is 5.97 Å². The van der Waals surface area contributed by atoms with Crippen LogP contribution < -0.4 is 20.1 Å². The average Bonchev–Trinajstić information content (AvgIpc) is 3.07. The summed E-state index contributed by atoms with van der Waals surface area (Å²) in [6, 6.07) is 7.03. The molecule has 0 bridgehead atoms. The lowest BCUT2D eigenvalue weighted by atomic mass is 10.1. The van der Waals surface area contributed by atoms with Crippen molar-refractivity contribution in [3.63, 3.8) is 0 Å². The van der Waals surface area contributed by atoms with Crippen LogP contribution in [-0.4, -0.2) is 40.2 Å². The van der Waals surface area contributed by atoms with Gasteiger partial charge in [0.1, 0.15) is 21.0 Å². The molecule has 9 heteroatoms. The lowest BCUT2D eigenvalue weighted by Gasteiger charge is -2.19. The summed E-state index contributed by atoms with van der Waals surface area (Å²) in [6.45, 7) is 10.4. The van der Waals surface area contributed by atoms with Gasteiger partial charge in [0.15, 0.2) is 5.57 Å². The Kier molecular flexibility index (Phi) is 8.85. The summed E-state index contributed by atoms with van der Waals surface area (Å²) in [4.78, 5) is 27.1. The van der Waals surface area contributed by atoms with Gasteiger partial charge in [0.05, 0.1) is 6.61 Å². The zero-order valence-corrected chi connectivity index (χ0v) is 19.1. The number of thiazole rings is 1. The van der Waals surface area contributed by atoms with E-state index < -0.39 is 5.97 Å². The molecule has 0 radical (unpaired) electrons. The molecular formula is C22H28N4O4S. The molecule has 0 unspecified atom stereocenters. The van der Waals surface area contributed by atoms with E-state index in [0.717, 1.165) is 30.0 Å². The Labute approximate surface area is 185 Å². The number of hydrogen-bond acceptors (Lipinski definition) is 8. The van der Waals surface area contributed by atoms with E-state index in [9.17, 15) is 20.0 Å². The van der Waals surface area contributed by atoms with E-state index in [1.54, 1.807) is 32.2 Å². The summed E-state index contributed by atoms with van der Waals surface area (Å²) >= 11 is 1.06. The number of phenolic OH excluding ortho intramolecular Hbond substituents is 1. The Morgan fingerprint density at radius 1 is 1.32 bits per heavy atom. The van der Waals surface area contributed by atoms with E-state index >= 15 is 0 Å². The molecule has 0 atom stereocenters. The minimum absolute atomic E-state index is 0.142. The maximum Gasteiger partial charge on any atom is 0.351 e. The minimum Gasteiger partial charge on any atom is -0.508 e. The van der Waals surface area contributed by atoms with Gasteiger partial charge in [-0.15, -0.1) is 11.3 Å². The highest BCUT2D eigenvalue weighted by atomic mass is 32.1. The highest BCUT2D eigenvalue weighted by Crippen LogP contribution is 2.23. The van der Waals surface area contributed by atoms with Gasteiger partial charge in [0, 0.05) is 30.5 Å². The first-order valence-corrected chi connectivity index (χ1v) is 11.0. The van der Waals surface area contributed by atoms with Crippen molar-refractivity contribution in [2.45, 2.75) is 40.8 Å². The molecule has 0 saturated carbocycles. The second kappa shape index (κ2) is 11.3. The van der Waals surface area contributed by atoms with Crippen molar-refractivity contribution in [2.75, 3.05) is 25.0 Å². The molecule has 0 aliphatic heterocycles. The van der Waals surface area contributed by atoms with E-state index in [0.29, 0.717) is 23.3 Å². The van der Waals surface area contributed by atoms with Gasteiger partial charge < -0.3 is 15.2 Å². The lowest BCUT2D eigenvalue weighted by molar-refractivity contribution is -0.136. The Balaban J connectivity index is 2.47. The number of nitrogens with zero attached hydrogens (tertiary/aromatic N) is 3. The maximum absolute atomic E-state index is 12.8. The van der Waals surface area contributed by atoms with Crippen molar-refractivity contribution in [1.82, 2.24) is 9.47 Å². The first-order valence-electron chi connectivity index (χ1n) is 10.2. The highest BCUT2D eigenvalue weighted by Gasteiger charge is 2.16. The molecule has 0 amide bonds. The topological polar surface area (TPSA) is 108 Å². The number of aromatic hydroxyl groups is 1. The van der Waals surface area contributed by atoms with Gasteiger partial charge in [0.2, 0.25) is 0 Å². The molecule has 31 heavy (non-hydrogen) atoms. The number of nitrogens with one attached hydrogen (secondary N) is 1. The van der Waals surface area contributed by atoms with Gasteiger partial charge in [-0.05, 0) is 45.1 Å². The SMILES string of the molecule is CCOC(=O)/C(C#N)=c1\s/c(=C/Nc2ccc(O)c(CN(CC)CC)c2)c(=O)n1CC. The van der Waals surface area contributed by atoms with Crippen LogP contribution in [-0.2, 0) is 22.6 Å². The van der Waals surface area contributed by atoms with Crippen molar-refractivity contribution in [3.05, 3.63) is 43.3 Å². The molecule has 0 aliphatic rings. The van der Waals surface area contributed by atoms with Crippen LogP contribution in [0.15, 0.2) is 23.0 Å². The van der Waals surface area contributed by atoms with E-state index in [2.05, 4.69) is 24.1 Å². The van der Waals surface area contributed by atoms with Crippen LogP contribution in [0.4, 0.5) is 5.69 Å². The summed E-state index contributed by atoms with van der Waals surface area (Å²) in [5.41, 5.74) is 1.01. The third-order valence-corrected chi connectivity index (χ3v) is 5.90. The number of hydrogen-bond donors (Lipinski definition) is 2. The number of aromatic nitrogens is 1. The standard InChI is InChI=1S/C22H28N4O4S/c1-5-25(6-2)14-15-11-16(9-10-18(15)27)24-13-19-20(28)26(7-3)21(31-19)17(12-23)22(29)30-8-4/h9-11,13,24,27H,5-8,14H2,1-4H3/b19-13+,21-17-. The van der Waals surface area contributed by atoms with E-state index in [-0.39, 0.29) is 28.2 Å². The predicted octanol–water partition coefficient (Wildman–Crippen LogP) is 1.56. The monoisotopic (exact) mass is 444 g/mol. The fourth-order valence-electron chi connectivity index (χ4n) is 3.02. The molecule has 1 aromatic heterocycles. The number of carbonyl (C=O) groups excluding carboxylic acids is 1. The number of phenols is 1. The molecule has 0 fully saturated rings. The van der Waals surface area contributed by atoms with Gasteiger partial charge in [-0.2, -0.15) is 5.26 Å². The number of esters is 1. The summed E-state index contributed by atoms with van der Waals surface area (Å²) in [5, 5.41) is 22.7. The first kappa shape index (κ1) is 24.2. The number of anilines is 1. The summed E-state index contributed by atoms with van der Waals surface area (Å²) in [5.74, 6) is -0.528. The summed E-state index contributed by atoms with van der Waals surface area (Å²) < 4.78 is 6.95. The van der Waals surface area contributed by atoms with Crippen LogP contribution in [0.25, 0.3) is 11.8 Å². The van der Waals surface area contributed by atoms with Crippen molar-refractivity contribution in [1.29, 1.82) is 5.26 Å². The quantitative estimate of drug-likeness (QED) is 0.446. The molecular weight excluding hydrogens is 416 g/mol. The zero-order chi connectivity index (χ0) is 23.0. The minimum atomic E-state index is -0.743. The Morgan fingerprint density at radius 2 is 2.03 bits per heavy atom. The number of rotatable bonds is 9. The van der Waals surface area contributed by atoms with Crippen LogP contribution in [0.5, 0.6) is 5.75 Å². The fraction of sp³-hybridized carbons (Fsp3) is 0.409. The Morgan fingerprint density at radius 3 is 2.61 bits per heavy atom. The van der Waals surface area contributed by atoms with Crippen molar-refractivity contribution in [3.8, 4) is 11.8 Å². The van der Waals surface area contributed by atoms with Crippen LogP contribution in [0.2, 0.25) is 0 Å².